The topological polar surface area (TPSA) is 53.7 Å². The SMILES string of the molecule is CC1=CC(C)(C)N(C(=O)/C=C/c2ccco2)c2ccc(O)cc21. The lowest BCUT2D eigenvalue weighted by atomic mass is 9.88. The molecule has 1 aromatic heterocycles. The number of furan rings is 1. The Morgan fingerprint density at radius 2 is 2.09 bits per heavy atom. The summed E-state index contributed by atoms with van der Waals surface area (Å²) >= 11 is 0. The second-order valence-electron chi connectivity index (χ2n) is 6.20. The van der Waals surface area contributed by atoms with E-state index in [1.165, 1.54) is 6.08 Å². The summed E-state index contributed by atoms with van der Waals surface area (Å²) in [5, 5.41) is 9.73. The number of rotatable bonds is 2. The summed E-state index contributed by atoms with van der Waals surface area (Å²) in [6.45, 7) is 5.97. The first kappa shape index (κ1) is 15.2. The van der Waals surface area contributed by atoms with Gasteiger partial charge in [-0.25, -0.2) is 0 Å². The van der Waals surface area contributed by atoms with Crippen LogP contribution in [0.4, 0.5) is 5.69 Å². The summed E-state index contributed by atoms with van der Waals surface area (Å²) in [5.74, 6) is 0.683. The highest BCUT2D eigenvalue weighted by molar-refractivity contribution is 6.07. The molecule has 0 bridgehead atoms. The van der Waals surface area contributed by atoms with Crippen LogP contribution in [0, 0.1) is 0 Å². The molecule has 0 aliphatic carbocycles. The molecule has 1 aromatic carbocycles. The molecule has 1 N–H and O–H groups in total. The van der Waals surface area contributed by atoms with Gasteiger partial charge in [0.25, 0.3) is 5.91 Å². The van der Waals surface area contributed by atoms with Crippen LogP contribution in [0.25, 0.3) is 11.6 Å². The fourth-order valence-electron chi connectivity index (χ4n) is 3.03. The predicted molar refractivity (Wildman–Crippen MR) is 91.1 cm³/mol. The Labute approximate surface area is 135 Å². The number of nitrogens with zero attached hydrogens (tertiary/aromatic N) is 1. The Morgan fingerprint density at radius 3 is 2.78 bits per heavy atom. The third-order valence-electron chi connectivity index (χ3n) is 3.95. The maximum Gasteiger partial charge on any atom is 0.251 e. The van der Waals surface area contributed by atoms with Crippen LogP contribution in [0.15, 0.2) is 53.2 Å². The van der Waals surface area contributed by atoms with Gasteiger partial charge < -0.3 is 9.52 Å². The Balaban J connectivity index is 2.02. The molecule has 23 heavy (non-hydrogen) atoms. The van der Waals surface area contributed by atoms with Crippen LogP contribution in [0.1, 0.15) is 32.1 Å². The van der Waals surface area contributed by atoms with Crippen molar-refractivity contribution >= 4 is 23.2 Å². The van der Waals surface area contributed by atoms with E-state index < -0.39 is 5.54 Å². The van der Waals surface area contributed by atoms with E-state index in [9.17, 15) is 9.90 Å². The molecular formula is C19H19NO3. The Bertz CT molecular complexity index is 798. The first-order valence-electron chi connectivity index (χ1n) is 7.47. The van der Waals surface area contributed by atoms with Crippen LogP contribution >= 0.6 is 0 Å². The van der Waals surface area contributed by atoms with Gasteiger partial charge in [0.05, 0.1) is 17.5 Å². The van der Waals surface area contributed by atoms with E-state index in [-0.39, 0.29) is 11.7 Å². The van der Waals surface area contributed by atoms with Crippen LogP contribution < -0.4 is 4.90 Å². The zero-order chi connectivity index (χ0) is 16.6. The normalized spacial score (nSPS) is 16.3. The molecule has 0 radical (unpaired) electrons. The predicted octanol–water partition coefficient (Wildman–Crippen LogP) is 4.23. The van der Waals surface area contributed by atoms with Gasteiger partial charge in [-0.2, -0.15) is 0 Å². The molecule has 118 valence electrons. The Hall–Kier alpha value is -2.75. The number of fused-ring (bicyclic) bond motifs is 1. The van der Waals surface area contributed by atoms with Crippen molar-refractivity contribution in [3.63, 3.8) is 0 Å². The van der Waals surface area contributed by atoms with E-state index in [1.807, 2.05) is 26.8 Å². The fraction of sp³-hybridized carbons (Fsp3) is 0.211. The third-order valence-corrected chi connectivity index (χ3v) is 3.95. The van der Waals surface area contributed by atoms with Crippen molar-refractivity contribution in [1.82, 2.24) is 0 Å². The number of phenolic OH excluding ortho intramolecular Hbond substituents is 1. The van der Waals surface area contributed by atoms with Crippen LogP contribution in [0.3, 0.4) is 0 Å². The highest BCUT2D eigenvalue weighted by Gasteiger charge is 2.34. The second-order valence-corrected chi connectivity index (χ2v) is 6.20. The van der Waals surface area contributed by atoms with E-state index in [1.54, 1.807) is 47.6 Å². The van der Waals surface area contributed by atoms with E-state index >= 15 is 0 Å². The standard InChI is InChI=1S/C19H19NO3/c1-13-12-19(2,3)20(17-8-6-14(21)11-16(13)17)18(22)9-7-15-5-4-10-23-15/h4-12,21H,1-3H3/b9-7+. The zero-order valence-corrected chi connectivity index (χ0v) is 13.4. The number of amides is 1. The number of phenols is 1. The van der Waals surface area contributed by atoms with Gasteiger partial charge in [0.1, 0.15) is 11.5 Å². The first-order valence-corrected chi connectivity index (χ1v) is 7.47. The number of hydrogen-bond donors (Lipinski definition) is 1. The van der Waals surface area contributed by atoms with E-state index in [2.05, 4.69) is 0 Å². The van der Waals surface area contributed by atoms with Crippen molar-refractivity contribution in [2.75, 3.05) is 4.90 Å². The largest absolute Gasteiger partial charge is 0.508 e. The van der Waals surface area contributed by atoms with E-state index in [4.69, 9.17) is 4.42 Å². The molecule has 1 aliphatic heterocycles. The van der Waals surface area contributed by atoms with Crippen molar-refractivity contribution in [3.05, 3.63) is 60.1 Å². The van der Waals surface area contributed by atoms with Gasteiger partial charge in [0, 0.05) is 11.6 Å². The lowest BCUT2D eigenvalue weighted by Crippen LogP contribution is -2.48. The van der Waals surface area contributed by atoms with Crippen molar-refractivity contribution < 1.29 is 14.3 Å². The van der Waals surface area contributed by atoms with Gasteiger partial charge in [0.15, 0.2) is 0 Å². The third kappa shape index (κ3) is 2.80. The summed E-state index contributed by atoms with van der Waals surface area (Å²) in [4.78, 5) is 14.5. The van der Waals surface area contributed by atoms with Crippen molar-refractivity contribution in [2.45, 2.75) is 26.3 Å². The number of carbonyl (C=O) groups is 1. The lowest BCUT2D eigenvalue weighted by Gasteiger charge is -2.41. The molecule has 0 saturated carbocycles. The minimum Gasteiger partial charge on any atom is -0.508 e. The molecule has 3 rings (SSSR count). The molecule has 2 heterocycles. The van der Waals surface area contributed by atoms with Gasteiger partial charge >= 0.3 is 0 Å². The zero-order valence-electron chi connectivity index (χ0n) is 13.4. The van der Waals surface area contributed by atoms with Crippen LogP contribution in [-0.2, 0) is 4.79 Å². The van der Waals surface area contributed by atoms with Crippen LogP contribution in [0.5, 0.6) is 5.75 Å². The van der Waals surface area contributed by atoms with E-state index in [0.717, 1.165) is 16.8 Å². The van der Waals surface area contributed by atoms with E-state index in [0.29, 0.717) is 5.76 Å². The summed E-state index contributed by atoms with van der Waals surface area (Å²) in [6.07, 6.45) is 6.77. The quantitative estimate of drug-likeness (QED) is 0.845. The number of carbonyl (C=O) groups excluding carboxylic acids is 1. The first-order chi connectivity index (χ1) is 10.9. The molecule has 0 saturated heterocycles. The monoisotopic (exact) mass is 309 g/mol. The van der Waals surface area contributed by atoms with Crippen LogP contribution in [-0.4, -0.2) is 16.6 Å². The number of benzene rings is 1. The van der Waals surface area contributed by atoms with Gasteiger partial charge in [-0.3, -0.25) is 9.69 Å². The lowest BCUT2D eigenvalue weighted by molar-refractivity contribution is -0.114. The summed E-state index contributed by atoms with van der Waals surface area (Å²) in [6, 6.07) is 8.64. The number of hydrogen-bond acceptors (Lipinski definition) is 3. The molecule has 1 amide bonds. The van der Waals surface area contributed by atoms with Gasteiger partial charge in [-0.15, -0.1) is 0 Å². The number of aromatic hydroxyl groups is 1. The maximum absolute atomic E-state index is 12.8. The molecule has 1 aliphatic rings. The molecule has 0 atom stereocenters. The van der Waals surface area contributed by atoms with Gasteiger partial charge in [-0.05, 0) is 62.8 Å². The van der Waals surface area contributed by atoms with Gasteiger partial charge in [0.2, 0.25) is 0 Å². The number of anilines is 1. The summed E-state index contributed by atoms with van der Waals surface area (Å²) < 4.78 is 5.22. The molecular weight excluding hydrogens is 290 g/mol. The molecule has 4 heteroatoms. The molecule has 0 spiro atoms. The molecule has 4 nitrogen and oxygen atoms in total. The van der Waals surface area contributed by atoms with Gasteiger partial charge in [-0.1, -0.05) is 6.08 Å². The highest BCUT2D eigenvalue weighted by Crippen LogP contribution is 2.40. The maximum atomic E-state index is 12.8. The average Bonchev–Trinajstić information content (AvgIpc) is 2.98. The number of allylic oxidation sites excluding steroid dienone is 1. The summed E-state index contributed by atoms with van der Waals surface area (Å²) in [7, 11) is 0. The smallest absolute Gasteiger partial charge is 0.251 e. The Kier molecular flexibility index (Phi) is 3.60. The van der Waals surface area contributed by atoms with Crippen molar-refractivity contribution in [1.29, 1.82) is 0 Å². The fourth-order valence-corrected chi connectivity index (χ4v) is 3.03. The van der Waals surface area contributed by atoms with Crippen molar-refractivity contribution in [3.8, 4) is 5.75 Å². The molecule has 0 unspecified atom stereocenters. The second kappa shape index (κ2) is 5.47. The molecule has 0 fully saturated rings. The minimum absolute atomic E-state index is 0.137. The summed E-state index contributed by atoms with van der Waals surface area (Å²) in [5.41, 5.74) is 2.24. The highest BCUT2D eigenvalue weighted by atomic mass is 16.3. The van der Waals surface area contributed by atoms with Crippen molar-refractivity contribution in [2.24, 2.45) is 0 Å². The molecule has 2 aromatic rings. The Morgan fingerprint density at radius 1 is 1.30 bits per heavy atom. The minimum atomic E-state index is -0.460. The van der Waals surface area contributed by atoms with Crippen LogP contribution in [0.2, 0.25) is 0 Å². The average molecular weight is 309 g/mol.